The molecule has 2 N–H and O–H groups in total. The first-order chi connectivity index (χ1) is 9.29. The third-order valence-electron chi connectivity index (χ3n) is 3.18. The summed E-state index contributed by atoms with van der Waals surface area (Å²) in [5, 5.41) is 3.13. The van der Waals surface area contributed by atoms with Crippen LogP contribution in [0.1, 0.15) is 12.8 Å². The third-order valence-corrected chi connectivity index (χ3v) is 5.85. The van der Waals surface area contributed by atoms with Gasteiger partial charge in [0, 0.05) is 18.8 Å². The molecule has 1 aromatic carbocycles. The van der Waals surface area contributed by atoms with E-state index < -0.39 is 19.9 Å². The lowest BCUT2D eigenvalue weighted by Crippen LogP contribution is -2.45. The van der Waals surface area contributed by atoms with Crippen molar-refractivity contribution in [2.75, 3.05) is 19.3 Å². The average Bonchev–Trinajstić information content (AvgIpc) is 2.38. The standard InChI is InChI=1S/C12H18N2O4S2/c1-19(15,16)11-4-6-12(7-5-11)20(17,18)14-10-3-2-8-13-9-10/h4-7,10,13-14H,2-3,8-9H2,1H3. The number of piperidine rings is 1. The van der Waals surface area contributed by atoms with Gasteiger partial charge >= 0.3 is 0 Å². The highest BCUT2D eigenvalue weighted by Gasteiger charge is 2.22. The Morgan fingerprint density at radius 3 is 2.20 bits per heavy atom. The lowest BCUT2D eigenvalue weighted by atomic mass is 10.1. The van der Waals surface area contributed by atoms with E-state index in [1.54, 1.807) is 0 Å². The van der Waals surface area contributed by atoms with Crippen molar-refractivity contribution in [3.8, 4) is 0 Å². The zero-order chi connectivity index (χ0) is 14.8. The van der Waals surface area contributed by atoms with Crippen LogP contribution in [0.2, 0.25) is 0 Å². The van der Waals surface area contributed by atoms with E-state index in [9.17, 15) is 16.8 Å². The van der Waals surface area contributed by atoms with Gasteiger partial charge < -0.3 is 5.32 Å². The number of sulfonamides is 1. The fraction of sp³-hybridized carbons (Fsp3) is 0.500. The molecule has 20 heavy (non-hydrogen) atoms. The van der Waals surface area contributed by atoms with Crippen LogP contribution in [0.4, 0.5) is 0 Å². The lowest BCUT2D eigenvalue weighted by molar-refractivity contribution is 0.428. The van der Waals surface area contributed by atoms with Crippen molar-refractivity contribution in [2.24, 2.45) is 0 Å². The van der Waals surface area contributed by atoms with E-state index >= 15 is 0 Å². The maximum Gasteiger partial charge on any atom is 0.240 e. The fourth-order valence-corrected chi connectivity index (χ4v) is 4.01. The number of nitrogens with one attached hydrogen (secondary N) is 2. The quantitative estimate of drug-likeness (QED) is 0.823. The van der Waals surface area contributed by atoms with Crippen LogP contribution in [0.15, 0.2) is 34.1 Å². The van der Waals surface area contributed by atoms with Crippen molar-refractivity contribution in [2.45, 2.75) is 28.7 Å². The van der Waals surface area contributed by atoms with Crippen molar-refractivity contribution in [1.82, 2.24) is 10.0 Å². The summed E-state index contributed by atoms with van der Waals surface area (Å²) in [6.07, 6.45) is 2.82. The van der Waals surface area contributed by atoms with E-state index in [-0.39, 0.29) is 15.8 Å². The summed E-state index contributed by atoms with van der Waals surface area (Å²) < 4.78 is 49.7. The second-order valence-electron chi connectivity index (χ2n) is 4.91. The van der Waals surface area contributed by atoms with E-state index in [4.69, 9.17) is 0 Å². The zero-order valence-corrected chi connectivity index (χ0v) is 12.8. The van der Waals surface area contributed by atoms with Crippen molar-refractivity contribution in [3.05, 3.63) is 24.3 Å². The molecule has 1 fully saturated rings. The number of rotatable bonds is 4. The van der Waals surface area contributed by atoms with E-state index in [0.29, 0.717) is 6.54 Å². The predicted molar refractivity (Wildman–Crippen MR) is 75.8 cm³/mol. The van der Waals surface area contributed by atoms with Gasteiger partial charge in [0.25, 0.3) is 0 Å². The maximum atomic E-state index is 12.2. The smallest absolute Gasteiger partial charge is 0.240 e. The molecule has 0 bridgehead atoms. The molecule has 2 rings (SSSR count). The topological polar surface area (TPSA) is 92.3 Å². The van der Waals surface area contributed by atoms with Gasteiger partial charge in [-0.2, -0.15) is 0 Å². The molecule has 112 valence electrons. The van der Waals surface area contributed by atoms with Crippen LogP contribution in [0.3, 0.4) is 0 Å². The zero-order valence-electron chi connectivity index (χ0n) is 11.2. The van der Waals surface area contributed by atoms with Gasteiger partial charge in [-0.15, -0.1) is 0 Å². The minimum atomic E-state index is -3.61. The SMILES string of the molecule is CS(=O)(=O)c1ccc(S(=O)(=O)NC2CCCNC2)cc1. The minimum absolute atomic E-state index is 0.0791. The van der Waals surface area contributed by atoms with Crippen molar-refractivity contribution >= 4 is 19.9 Å². The normalized spacial score (nSPS) is 20.8. The molecule has 0 amide bonds. The van der Waals surface area contributed by atoms with Crippen LogP contribution in [0.25, 0.3) is 0 Å². The summed E-state index contributed by atoms with van der Waals surface area (Å²) in [6.45, 7) is 1.52. The Labute approximate surface area is 119 Å². The molecule has 0 saturated carbocycles. The van der Waals surface area contributed by atoms with Crippen LogP contribution in [-0.2, 0) is 19.9 Å². The lowest BCUT2D eigenvalue weighted by Gasteiger charge is -2.23. The highest BCUT2D eigenvalue weighted by atomic mass is 32.2. The van der Waals surface area contributed by atoms with Crippen LogP contribution < -0.4 is 10.0 Å². The van der Waals surface area contributed by atoms with Gasteiger partial charge in [0.2, 0.25) is 10.0 Å². The first kappa shape index (κ1) is 15.4. The van der Waals surface area contributed by atoms with Crippen LogP contribution in [0.5, 0.6) is 0 Å². The van der Waals surface area contributed by atoms with Gasteiger partial charge in [-0.05, 0) is 43.7 Å². The van der Waals surface area contributed by atoms with Crippen molar-refractivity contribution in [1.29, 1.82) is 0 Å². The Hall–Kier alpha value is -0.960. The summed E-state index contributed by atoms with van der Waals surface area (Å²) in [6, 6.07) is 5.12. The third kappa shape index (κ3) is 3.78. The Bertz CT molecular complexity index is 660. The maximum absolute atomic E-state index is 12.2. The molecule has 1 atom stereocenters. The Morgan fingerprint density at radius 1 is 1.10 bits per heavy atom. The number of benzene rings is 1. The highest BCUT2D eigenvalue weighted by Crippen LogP contribution is 2.15. The second kappa shape index (κ2) is 5.80. The molecular formula is C12H18N2O4S2. The molecule has 1 saturated heterocycles. The molecule has 1 aromatic rings. The second-order valence-corrected chi connectivity index (χ2v) is 8.64. The minimum Gasteiger partial charge on any atom is -0.315 e. The summed E-state index contributed by atoms with van der Waals surface area (Å²) in [5.74, 6) is 0. The van der Waals surface area contributed by atoms with Crippen molar-refractivity contribution in [3.63, 3.8) is 0 Å². The predicted octanol–water partition coefficient (Wildman–Crippen LogP) is 0.120. The fourth-order valence-electron chi connectivity index (χ4n) is 2.11. The molecule has 8 heteroatoms. The van der Waals surface area contributed by atoms with Gasteiger partial charge in [0.1, 0.15) is 0 Å². The Kier molecular flexibility index (Phi) is 4.48. The van der Waals surface area contributed by atoms with Crippen LogP contribution in [-0.4, -0.2) is 42.2 Å². The van der Waals surface area contributed by atoms with Gasteiger partial charge in [-0.1, -0.05) is 0 Å². The molecule has 0 aliphatic carbocycles. The number of hydrogen-bond donors (Lipinski definition) is 2. The molecule has 1 unspecified atom stereocenters. The van der Waals surface area contributed by atoms with E-state index in [1.807, 2.05) is 0 Å². The molecule has 0 aromatic heterocycles. The molecule has 0 radical (unpaired) electrons. The van der Waals surface area contributed by atoms with Gasteiger partial charge in [0.15, 0.2) is 9.84 Å². The highest BCUT2D eigenvalue weighted by molar-refractivity contribution is 7.90. The average molecular weight is 318 g/mol. The molecule has 1 aliphatic rings. The first-order valence-electron chi connectivity index (χ1n) is 6.32. The van der Waals surface area contributed by atoms with E-state index in [0.717, 1.165) is 25.6 Å². The largest absolute Gasteiger partial charge is 0.315 e. The monoisotopic (exact) mass is 318 g/mol. The molecule has 1 heterocycles. The van der Waals surface area contributed by atoms with Crippen LogP contribution in [0, 0.1) is 0 Å². The molecule has 0 spiro atoms. The first-order valence-corrected chi connectivity index (χ1v) is 9.70. The van der Waals surface area contributed by atoms with Gasteiger partial charge in [-0.3, -0.25) is 0 Å². The Morgan fingerprint density at radius 2 is 1.70 bits per heavy atom. The molecule has 6 nitrogen and oxygen atoms in total. The van der Waals surface area contributed by atoms with E-state index in [2.05, 4.69) is 10.0 Å². The summed E-state index contributed by atoms with van der Waals surface area (Å²) in [7, 11) is -6.92. The summed E-state index contributed by atoms with van der Waals surface area (Å²) >= 11 is 0. The summed E-state index contributed by atoms with van der Waals surface area (Å²) in [5.41, 5.74) is 0. The molecular weight excluding hydrogens is 300 g/mol. The Balaban J connectivity index is 2.17. The number of sulfone groups is 1. The van der Waals surface area contributed by atoms with Gasteiger partial charge in [-0.25, -0.2) is 21.6 Å². The molecule has 1 aliphatic heterocycles. The summed E-state index contributed by atoms with van der Waals surface area (Å²) in [4.78, 5) is 0.186. The van der Waals surface area contributed by atoms with Crippen molar-refractivity contribution < 1.29 is 16.8 Å². The number of hydrogen-bond acceptors (Lipinski definition) is 5. The van der Waals surface area contributed by atoms with E-state index in [1.165, 1.54) is 24.3 Å². The van der Waals surface area contributed by atoms with Crippen LogP contribution >= 0.6 is 0 Å². The van der Waals surface area contributed by atoms with Gasteiger partial charge in [0.05, 0.1) is 9.79 Å².